The van der Waals surface area contributed by atoms with Crippen LogP contribution in [0.2, 0.25) is 0 Å². The van der Waals surface area contributed by atoms with E-state index < -0.39 is 17.4 Å². The Bertz CT molecular complexity index is 537. The third-order valence-corrected chi connectivity index (χ3v) is 3.57. The molecule has 124 valence electrons. The van der Waals surface area contributed by atoms with Crippen molar-refractivity contribution in [2.24, 2.45) is 0 Å². The molecule has 0 amide bonds. The van der Waals surface area contributed by atoms with Gasteiger partial charge in [0, 0.05) is 38.8 Å². The van der Waals surface area contributed by atoms with Crippen molar-refractivity contribution in [3.05, 3.63) is 22.1 Å². The number of H-pyrrole nitrogens is 1. The lowest BCUT2D eigenvalue weighted by molar-refractivity contribution is -0.141. The van der Waals surface area contributed by atoms with Crippen molar-refractivity contribution in [1.29, 1.82) is 0 Å². The van der Waals surface area contributed by atoms with E-state index in [0.29, 0.717) is 12.6 Å². The molecule has 1 aliphatic rings. The predicted octanol–water partition coefficient (Wildman–Crippen LogP) is 0.838. The van der Waals surface area contributed by atoms with Crippen LogP contribution in [-0.2, 0) is 6.18 Å². The van der Waals surface area contributed by atoms with E-state index in [9.17, 15) is 18.0 Å². The molecule has 2 rings (SSSR count). The van der Waals surface area contributed by atoms with E-state index in [0.717, 1.165) is 39.1 Å². The summed E-state index contributed by atoms with van der Waals surface area (Å²) in [5.41, 5.74) is -2.00. The summed E-state index contributed by atoms with van der Waals surface area (Å²) in [7, 11) is 2.08. The zero-order valence-electron chi connectivity index (χ0n) is 12.4. The highest BCUT2D eigenvalue weighted by atomic mass is 19.4. The molecule has 0 unspecified atom stereocenters. The number of nitrogens with zero attached hydrogens (tertiary/aromatic N) is 3. The third-order valence-electron chi connectivity index (χ3n) is 3.57. The standard InChI is InChI=1S/C13H20F3N5O/c1-20-5-7-21(8-6-20)4-2-3-17-12-18-10(13(14,15)16)9-11(22)19-12/h9H,2-8H2,1H3,(H2,17,18,19,22). The van der Waals surface area contributed by atoms with Crippen molar-refractivity contribution in [1.82, 2.24) is 19.8 Å². The molecule has 0 radical (unpaired) electrons. The summed E-state index contributed by atoms with van der Waals surface area (Å²) in [6.07, 6.45) is -3.85. The van der Waals surface area contributed by atoms with E-state index >= 15 is 0 Å². The van der Waals surface area contributed by atoms with Gasteiger partial charge in [0.05, 0.1) is 0 Å². The zero-order chi connectivity index (χ0) is 16.2. The lowest BCUT2D eigenvalue weighted by Gasteiger charge is -2.32. The highest BCUT2D eigenvalue weighted by Crippen LogP contribution is 2.26. The van der Waals surface area contributed by atoms with Crippen LogP contribution in [-0.4, -0.2) is 66.1 Å². The van der Waals surface area contributed by atoms with Crippen LogP contribution < -0.4 is 10.9 Å². The summed E-state index contributed by atoms with van der Waals surface area (Å²) in [4.78, 5) is 21.4. The maximum Gasteiger partial charge on any atom is 0.433 e. The minimum atomic E-state index is -4.62. The van der Waals surface area contributed by atoms with Crippen molar-refractivity contribution in [3.63, 3.8) is 0 Å². The normalized spacial score (nSPS) is 17.6. The van der Waals surface area contributed by atoms with Crippen LogP contribution >= 0.6 is 0 Å². The number of nitrogens with one attached hydrogen (secondary N) is 2. The van der Waals surface area contributed by atoms with E-state index in [1.54, 1.807) is 0 Å². The Balaban J connectivity index is 1.79. The number of aromatic nitrogens is 2. The van der Waals surface area contributed by atoms with Gasteiger partial charge in [0.2, 0.25) is 5.95 Å². The summed E-state index contributed by atoms with van der Waals surface area (Å²) < 4.78 is 37.7. The second-order valence-electron chi connectivity index (χ2n) is 5.40. The molecule has 1 aromatic rings. The maximum atomic E-state index is 12.6. The van der Waals surface area contributed by atoms with Crippen molar-refractivity contribution in [3.8, 4) is 0 Å². The van der Waals surface area contributed by atoms with E-state index in [1.165, 1.54) is 0 Å². The molecule has 0 aliphatic carbocycles. The first-order valence-electron chi connectivity index (χ1n) is 7.18. The molecule has 1 fully saturated rings. The lowest BCUT2D eigenvalue weighted by Crippen LogP contribution is -2.44. The molecule has 22 heavy (non-hydrogen) atoms. The van der Waals surface area contributed by atoms with Gasteiger partial charge in [-0.3, -0.25) is 9.78 Å². The van der Waals surface area contributed by atoms with Crippen LogP contribution in [0.4, 0.5) is 19.1 Å². The minimum Gasteiger partial charge on any atom is -0.356 e. The number of halogens is 3. The number of rotatable bonds is 5. The maximum absolute atomic E-state index is 12.6. The zero-order valence-corrected chi connectivity index (χ0v) is 12.4. The smallest absolute Gasteiger partial charge is 0.356 e. The molecule has 0 spiro atoms. The van der Waals surface area contributed by atoms with Gasteiger partial charge in [-0.2, -0.15) is 13.2 Å². The lowest BCUT2D eigenvalue weighted by atomic mass is 10.3. The van der Waals surface area contributed by atoms with Gasteiger partial charge in [0.1, 0.15) is 0 Å². The fourth-order valence-corrected chi connectivity index (χ4v) is 2.27. The van der Waals surface area contributed by atoms with E-state index in [2.05, 4.69) is 32.1 Å². The Morgan fingerprint density at radius 1 is 1.32 bits per heavy atom. The SMILES string of the molecule is CN1CCN(CCCNc2nc(C(F)(F)F)cc(=O)[nH]2)CC1. The van der Waals surface area contributed by atoms with Gasteiger partial charge in [0.15, 0.2) is 5.69 Å². The molecular formula is C13H20F3N5O. The molecule has 1 saturated heterocycles. The number of piperazine rings is 1. The molecule has 9 heteroatoms. The van der Waals surface area contributed by atoms with E-state index in [-0.39, 0.29) is 5.95 Å². The molecule has 0 bridgehead atoms. The van der Waals surface area contributed by atoms with Gasteiger partial charge in [-0.05, 0) is 20.0 Å². The fraction of sp³-hybridized carbons (Fsp3) is 0.692. The van der Waals surface area contributed by atoms with Crippen LogP contribution in [0.15, 0.2) is 10.9 Å². The quantitative estimate of drug-likeness (QED) is 0.788. The van der Waals surface area contributed by atoms with Crippen LogP contribution in [0.1, 0.15) is 12.1 Å². The van der Waals surface area contributed by atoms with E-state index in [1.807, 2.05) is 0 Å². The Labute approximate surface area is 126 Å². The topological polar surface area (TPSA) is 64.3 Å². The predicted molar refractivity (Wildman–Crippen MR) is 76.9 cm³/mol. The first-order chi connectivity index (χ1) is 10.3. The van der Waals surface area contributed by atoms with Gasteiger partial charge in [-0.15, -0.1) is 0 Å². The number of anilines is 1. The molecule has 0 saturated carbocycles. The first-order valence-corrected chi connectivity index (χ1v) is 7.18. The monoisotopic (exact) mass is 319 g/mol. The van der Waals surface area contributed by atoms with Crippen molar-refractivity contribution >= 4 is 5.95 Å². The highest BCUT2D eigenvalue weighted by Gasteiger charge is 2.33. The summed E-state index contributed by atoms with van der Waals surface area (Å²) in [6, 6.07) is 0.454. The Morgan fingerprint density at radius 2 is 2.00 bits per heavy atom. The Morgan fingerprint density at radius 3 is 2.64 bits per heavy atom. The van der Waals surface area contributed by atoms with Crippen LogP contribution in [0.25, 0.3) is 0 Å². The molecule has 1 aliphatic heterocycles. The average molecular weight is 319 g/mol. The molecule has 6 nitrogen and oxygen atoms in total. The van der Waals surface area contributed by atoms with Crippen molar-refractivity contribution < 1.29 is 13.2 Å². The second kappa shape index (κ2) is 7.10. The van der Waals surface area contributed by atoms with Gasteiger partial charge in [-0.1, -0.05) is 0 Å². The van der Waals surface area contributed by atoms with Crippen molar-refractivity contribution in [2.45, 2.75) is 12.6 Å². The molecule has 2 N–H and O–H groups in total. The van der Waals surface area contributed by atoms with Crippen LogP contribution in [0.3, 0.4) is 0 Å². The minimum absolute atomic E-state index is 0.141. The summed E-state index contributed by atoms with van der Waals surface area (Å²) >= 11 is 0. The largest absolute Gasteiger partial charge is 0.433 e. The summed E-state index contributed by atoms with van der Waals surface area (Å²) in [5.74, 6) is -0.141. The van der Waals surface area contributed by atoms with Gasteiger partial charge in [0.25, 0.3) is 5.56 Å². The average Bonchev–Trinajstić information content (AvgIpc) is 2.44. The first kappa shape index (κ1) is 16.8. The molecule has 1 aromatic heterocycles. The second-order valence-corrected chi connectivity index (χ2v) is 5.40. The van der Waals surface area contributed by atoms with Crippen LogP contribution in [0.5, 0.6) is 0 Å². The molecule has 0 aromatic carbocycles. The molecular weight excluding hydrogens is 299 g/mol. The highest BCUT2D eigenvalue weighted by molar-refractivity contribution is 5.25. The van der Waals surface area contributed by atoms with Gasteiger partial charge < -0.3 is 15.1 Å². The number of alkyl halides is 3. The summed E-state index contributed by atoms with van der Waals surface area (Å²) in [6.45, 7) is 5.36. The fourth-order valence-electron chi connectivity index (χ4n) is 2.27. The van der Waals surface area contributed by atoms with Gasteiger partial charge >= 0.3 is 6.18 Å². The number of hydrogen-bond acceptors (Lipinski definition) is 5. The third kappa shape index (κ3) is 4.99. The summed E-state index contributed by atoms with van der Waals surface area (Å²) in [5, 5.41) is 2.74. The Hall–Kier alpha value is -1.61. The molecule has 2 heterocycles. The number of likely N-dealkylation sites (N-methyl/N-ethyl adjacent to an activating group) is 1. The number of hydrogen-bond donors (Lipinski definition) is 2. The number of aromatic amines is 1. The van der Waals surface area contributed by atoms with Crippen molar-refractivity contribution in [2.75, 3.05) is 51.6 Å². The van der Waals surface area contributed by atoms with E-state index in [4.69, 9.17) is 0 Å². The Kier molecular flexibility index (Phi) is 5.41. The van der Waals surface area contributed by atoms with Gasteiger partial charge in [-0.25, -0.2) is 4.98 Å². The molecule has 0 atom stereocenters. The van der Waals surface area contributed by atoms with Crippen LogP contribution in [0, 0.1) is 0 Å².